The van der Waals surface area contributed by atoms with Crippen LogP contribution in [-0.4, -0.2) is 15.0 Å². The molecule has 4 nitrogen and oxygen atoms in total. The first-order chi connectivity index (χ1) is 7.19. The molecule has 0 aliphatic carbocycles. The van der Waals surface area contributed by atoms with E-state index in [1.54, 1.807) is 29.1 Å². The molecule has 0 amide bonds. The molecule has 1 heterocycles. The van der Waals surface area contributed by atoms with Crippen LogP contribution in [0.25, 0.3) is 5.69 Å². The van der Waals surface area contributed by atoms with E-state index < -0.39 is 0 Å². The topological polar surface area (TPSA) is 56.7 Å². The Morgan fingerprint density at radius 2 is 1.81 bits per heavy atom. The van der Waals surface area contributed by atoms with Crippen LogP contribution in [0, 0.1) is 0 Å². The molecule has 2 rings (SSSR count). The van der Waals surface area contributed by atoms with Crippen molar-refractivity contribution in [2.24, 2.45) is 5.73 Å². The average molecular weight is 280 g/mol. The van der Waals surface area contributed by atoms with Crippen molar-refractivity contribution in [3.05, 3.63) is 40.1 Å². The first-order valence-electron chi connectivity index (χ1n) is 4.27. The van der Waals surface area contributed by atoms with Gasteiger partial charge in [-0.2, -0.15) is 0 Å². The maximum atomic E-state index is 5.87. The Bertz CT molecular complexity index is 463. The third-order valence-electron chi connectivity index (χ3n) is 1.86. The molecule has 0 aliphatic heterocycles. The molecule has 0 radical (unpaired) electrons. The molecular formula is C9H9Cl3N4. The molecule has 1 aromatic heterocycles. The molecule has 0 atom stereocenters. The van der Waals surface area contributed by atoms with Crippen LogP contribution < -0.4 is 5.73 Å². The van der Waals surface area contributed by atoms with Gasteiger partial charge in [-0.1, -0.05) is 28.4 Å². The molecule has 16 heavy (non-hydrogen) atoms. The van der Waals surface area contributed by atoms with Gasteiger partial charge in [0.1, 0.15) is 0 Å². The van der Waals surface area contributed by atoms with Gasteiger partial charge in [-0.15, -0.1) is 17.5 Å². The molecule has 7 heteroatoms. The van der Waals surface area contributed by atoms with Gasteiger partial charge in [0, 0.05) is 16.6 Å². The fraction of sp³-hybridized carbons (Fsp3) is 0.111. The van der Waals surface area contributed by atoms with Crippen molar-refractivity contribution in [1.82, 2.24) is 15.0 Å². The fourth-order valence-corrected chi connectivity index (χ4v) is 1.70. The van der Waals surface area contributed by atoms with Crippen LogP contribution in [0.15, 0.2) is 24.4 Å². The average Bonchev–Trinajstić information content (AvgIpc) is 2.64. The first kappa shape index (κ1) is 13.3. The van der Waals surface area contributed by atoms with Crippen LogP contribution in [0.3, 0.4) is 0 Å². The maximum Gasteiger partial charge on any atom is 0.0967 e. The van der Waals surface area contributed by atoms with Crippen molar-refractivity contribution < 1.29 is 0 Å². The molecular weight excluding hydrogens is 270 g/mol. The summed E-state index contributed by atoms with van der Waals surface area (Å²) in [6.45, 7) is 0.355. The molecule has 0 aliphatic rings. The zero-order chi connectivity index (χ0) is 10.8. The van der Waals surface area contributed by atoms with E-state index in [1.807, 2.05) is 0 Å². The maximum absolute atomic E-state index is 5.87. The zero-order valence-electron chi connectivity index (χ0n) is 8.10. The predicted octanol–water partition coefficient (Wildman–Crippen LogP) is 2.45. The summed E-state index contributed by atoms with van der Waals surface area (Å²) in [6.07, 6.45) is 1.74. The smallest absolute Gasteiger partial charge is 0.0967 e. The van der Waals surface area contributed by atoms with Crippen molar-refractivity contribution in [2.75, 3.05) is 0 Å². The second-order valence-corrected chi connectivity index (χ2v) is 3.86. The highest BCUT2D eigenvalue weighted by Crippen LogP contribution is 2.21. The largest absolute Gasteiger partial charge is 0.325 e. The van der Waals surface area contributed by atoms with Crippen molar-refractivity contribution in [1.29, 1.82) is 0 Å². The number of rotatable bonds is 2. The van der Waals surface area contributed by atoms with Gasteiger partial charge in [-0.25, -0.2) is 4.68 Å². The van der Waals surface area contributed by atoms with Crippen LogP contribution in [-0.2, 0) is 6.54 Å². The van der Waals surface area contributed by atoms with Crippen molar-refractivity contribution in [3.63, 3.8) is 0 Å². The van der Waals surface area contributed by atoms with Gasteiger partial charge in [0.25, 0.3) is 0 Å². The highest BCUT2D eigenvalue weighted by Gasteiger charge is 2.03. The summed E-state index contributed by atoms with van der Waals surface area (Å²) in [4.78, 5) is 0. The molecule has 0 saturated carbocycles. The van der Waals surface area contributed by atoms with E-state index >= 15 is 0 Å². The highest BCUT2D eigenvalue weighted by molar-refractivity contribution is 6.34. The molecule has 0 saturated heterocycles. The molecule has 0 fully saturated rings. The van der Waals surface area contributed by atoms with E-state index in [-0.39, 0.29) is 12.4 Å². The number of benzene rings is 1. The molecule has 1 aromatic carbocycles. The van der Waals surface area contributed by atoms with Gasteiger partial charge in [0.15, 0.2) is 0 Å². The van der Waals surface area contributed by atoms with E-state index in [9.17, 15) is 0 Å². The number of hydrogen-bond donors (Lipinski definition) is 1. The molecule has 2 N–H and O–H groups in total. The molecule has 0 unspecified atom stereocenters. The number of hydrogen-bond acceptors (Lipinski definition) is 3. The lowest BCUT2D eigenvalue weighted by Gasteiger charge is -2.01. The number of halogens is 3. The molecule has 86 valence electrons. The third kappa shape index (κ3) is 2.86. The lowest BCUT2D eigenvalue weighted by molar-refractivity contribution is 0.797. The number of nitrogens with zero attached hydrogens (tertiary/aromatic N) is 3. The van der Waals surface area contributed by atoms with E-state index in [0.29, 0.717) is 22.3 Å². The Labute approximate surface area is 109 Å². The SMILES string of the molecule is Cl.NCc1cn(-c2cc(Cl)cc(Cl)c2)nn1. The van der Waals surface area contributed by atoms with Crippen molar-refractivity contribution in [2.45, 2.75) is 6.54 Å². The Morgan fingerprint density at radius 3 is 2.31 bits per heavy atom. The molecule has 0 spiro atoms. The zero-order valence-corrected chi connectivity index (χ0v) is 10.4. The Morgan fingerprint density at radius 1 is 1.19 bits per heavy atom. The van der Waals surface area contributed by atoms with Crippen LogP contribution in [0.4, 0.5) is 0 Å². The number of nitrogens with two attached hydrogens (primary N) is 1. The van der Waals surface area contributed by atoms with Crippen LogP contribution in [0.5, 0.6) is 0 Å². The Hall–Kier alpha value is -0.810. The molecule has 0 bridgehead atoms. The summed E-state index contributed by atoms with van der Waals surface area (Å²) in [5.41, 5.74) is 6.91. The quantitative estimate of drug-likeness (QED) is 0.918. The number of aromatic nitrogens is 3. The summed E-state index contributed by atoms with van der Waals surface area (Å²) < 4.78 is 1.58. The van der Waals surface area contributed by atoms with Gasteiger partial charge in [0.2, 0.25) is 0 Å². The standard InChI is InChI=1S/C9H8Cl2N4.ClH/c10-6-1-7(11)3-9(2-6)15-5-8(4-12)13-14-15;/h1-3,5H,4,12H2;1H. The van der Waals surface area contributed by atoms with Gasteiger partial charge in [-0.3, -0.25) is 0 Å². The van der Waals surface area contributed by atoms with Crippen molar-refractivity contribution >= 4 is 35.6 Å². The summed E-state index contributed by atoms with van der Waals surface area (Å²) in [5.74, 6) is 0. The summed E-state index contributed by atoms with van der Waals surface area (Å²) in [5, 5.41) is 8.90. The van der Waals surface area contributed by atoms with Gasteiger partial charge in [-0.05, 0) is 18.2 Å². The van der Waals surface area contributed by atoms with E-state index in [4.69, 9.17) is 28.9 Å². The minimum absolute atomic E-state index is 0. The summed E-state index contributed by atoms with van der Waals surface area (Å²) >= 11 is 11.7. The van der Waals surface area contributed by atoms with E-state index in [2.05, 4.69) is 10.3 Å². The van der Waals surface area contributed by atoms with Gasteiger partial charge >= 0.3 is 0 Å². The fourth-order valence-electron chi connectivity index (χ4n) is 1.19. The van der Waals surface area contributed by atoms with Crippen molar-refractivity contribution in [3.8, 4) is 5.69 Å². The van der Waals surface area contributed by atoms with Gasteiger partial charge in [0.05, 0.1) is 17.6 Å². The predicted molar refractivity (Wildman–Crippen MR) is 66.5 cm³/mol. The monoisotopic (exact) mass is 278 g/mol. The van der Waals surface area contributed by atoms with Crippen LogP contribution >= 0.6 is 35.6 Å². The normalized spacial score (nSPS) is 9.94. The lowest BCUT2D eigenvalue weighted by atomic mass is 10.3. The molecule has 2 aromatic rings. The second kappa shape index (κ2) is 5.50. The second-order valence-electron chi connectivity index (χ2n) is 2.99. The minimum Gasteiger partial charge on any atom is -0.325 e. The Balaban J connectivity index is 0.00000128. The Kier molecular flexibility index (Phi) is 4.56. The van der Waals surface area contributed by atoms with E-state index in [1.165, 1.54) is 0 Å². The lowest BCUT2D eigenvalue weighted by Crippen LogP contribution is -1.96. The summed E-state index contributed by atoms with van der Waals surface area (Å²) in [7, 11) is 0. The third-order valence-corrected chi connectivity index (χ3v) is 2.30. The van der Waals surface area contributed by atoms with Crippen LogP contribution in [0.1, 0.15) is 5.69 Å². The van der Waals surface area contributed by atoms with Crippen LogP contribution in [0.2, 0.25) is 10.0 Å². The van der Waals surface area contributed by atoms with E-state index in [0.717, 1.165) is 5.69 Å². The highest BCUT2D eigenvalue weighted by atomic mass is 35.5. The first-order valence-corrected chi connectivity index (χ1v) is 5.02. The van der Waals surface area contributed by atoms with Gasteiger partial charge < -0.3 is 5.73 Å². The minimum atomic E-state index is 0. The summed E-state index contributed by atoms with van der Waals surface area (Å²) in [6, 6.07) is 5.16.